The molecule has 1 aromatic carbocycles. The molecular weight excluding hydrogens is 254 g/mol. The monoisotopic (exact) mass is 267 g/mol. The molecule has 0 saturated heterocycles. The van der Waals surface area contributed by atoms with E-state index in [1.807, 2.05) is 22.9 Å². The molecule has 0 spiro atoms. The second-order valence-corrected chi connectivity index (χ2v) is 6.57. The molecule has 0 atom stereocenters. The number of hydrogen-bond donors (Lipinski definition) is 1. The number of sulfone groups is 1. The van der Waals surface area contributed by atoms with E-state index in [0.29, 0.717) is 11.4 Å². The normalized spacial score (nSPS) is 11.6. The summed E-state index contributed by atoms with van der Waals surface area (Å²) in [6.07, 6.45) is 1.21. The lowest BCUT2D eigenvalue weighted by Gasteiger charge is -2.03. The molecule has 0 amide bonds. The SMILES string of the molecule is CS(=O)(=O)c1ccc(-c2cscc2CN)cc1. The summed E-state index contributed by atoms with van der Waals surface area (Å²) in [6.45, 7) is 0.493. The van der Waals surface area contributed by atoms with Gasteiger partial charge in [0.1, 0.15) is 0 Å². The second-order valence-electron chi connectivity index (χ2n) is 3.81. The Morgan fingerprint density at radius 3 is 2.35 bits per heavy atom. The first kappa shape index (κ1) is 12.3. The van der Waals surface area contributed by atoms with Crippen molar-refractivity contribution in [3.05, 3.63) is 40.6 Å². The minimum Gasteiger partial charge on any atom is -0.326 e. The molecule has 0 unspecified atom stereocenters. The molecule has 0 fully saturated rings. The van der Waals surface area contributed by atoms with E-state index in [2.05, 4.69) is 0 Å². The molecule has 0 saturated carbocycles. The summed E-state index contributed by atoms with van der Waals surface area (Å²) in [5, 5.41) is 4.04. The molecule has 2 aromatic rings. The fourth-order valence-electron chi connectivity index (χ4n) is 1.62. The lowest BCUT2D eigenvalue weighted by Crippen LogP contribution is -1.97. The molecule has 1 heterocycles. The van der Waals surface area contributed by atoms with Gasteiger partial charge in [-0.1, -0.05) is 12.1 Å². The van der Waals surface area contributed by atoms with Crippen molar-refractivity contribution in [3.8, 4) is 11.1 Å². The van der Waals surface area contributed by atoms with Gasteiger partial charge in [0, 0.05) is 12.8 Å². The zero-order valence-corrected chi connectivity index (χ0v) is 11.0. The molecular formula is C12H13NO2S2. The third-order valence-corrected chi connectivity index (χ3v) is 4.48. The maximum absolute atomic E-state index is 11.3. The van der Waals surface area contributed by atoms with Gasteiger partial charge in [-0.05, 0) is 39.6 Å². The average Bonchev–Trinajstić information content (AvgIpc) is 2.76. The standard InChI is InChI=1S/C12H13NO2S2/c1-17(14,15)11-4-2-9(3-5-11)12-8-16-7-10(12)6-13/h2-5,7-8H,6,13H2,1H3. The minimum absolute atomic E-state index is 0.339. The predicted octanol–water partition coefficient (Wildman–Crippen LogP) is 2.28. The maximum atomic E-state index is 11.3. The third kappa shape index (κ3) is 2.57. The van der Waals surface area contributed by atoms with Crippen molar-refractivity contribution in [2.75, 3.05) is 6.26 Å². The first-order valence-electron chi connectivity index (χ1n) is 5.08. The smallest absolute Gasteiger partial charge is 0.175 e. The van der Waals surface area contributed by atoms with Crippen LogP contribution in [0.15, 0.2) is 39.9 Å². The Bertz CT molecular complexity index is 612. The lowest BCUT2D eigenvalue weighted by molar-refractivity contribution is 0.602. The van der Waals surface area contributed by atoms with Crippen molar-refractivity contribution in [1.82, 2.24) is 0 Å². The van der Waals surface area contributed by atoms with Crippen molar-refractivity contribution in [1.29, 1.82) is 0 Å². The molecule has 5 heteroatoms. The topological polar surface area (TPSA) is 60.2 Å². The van der Waals surface area contributed by atoms with E-state index in [4.69, 9.17) is 5.73 Å². The van der Waals surface area contributed by atoms with Crippen LogP contribution in [0.2, 0.25) is 0 Å². The van der Waals surface area contributed by atoms with E-state index < -0.39 is 9.84 Å². The van der Waals surface area contributed by atoms with Gasteiger partial charge in [-0.25, -0.2) is 8.42 Å². The van der Waals surface area contributed by atoms with Gasteiger partial charge in [-0.2, -0.15) is 11.3 Å². The van der Waals surface area contributed by atoms with Gasteiger partial charge in [0.25, 0.3) is 0 Å². The second kappa shape index (κ2) is 4.60. The molecule has 3 nitrogen and oxygen atoms in total. The van der Waals surface area contributed by atoms with Gasteiger partial charge in [0.2, 0.25) is 0 Å². The summed E-state index contributed by atoms with van der Waals surface area (Å²) in [5.74, 6) is 0. The van der Waals surface area contributed by atoms with E-state index in [-0.39, 0.29) is 0 Å². The first-order valence-corrected chi connectivity index (χ1v) is 7.91. The van der Waals surface area contributed by atoms with Crippen molar-refractivity contribution >= 4 is 21.2 Å². The predicted molar refractivity (Wildman–Crippen MR) is 70.8 cm³/mol. The van der Waals surface area contributed by atoms with Crippen LogP contribution in [-0.4, -0.2) is 14.7 Å². The number of benzene rings is 1. The molecule has 0 aliphatic heterocycles. The Kier molecular flexibility index (Phi) is 3.33. The molecule has 1 aromatic heterocycles. The molecule has 0 aliphatic rings. The zero-order chi connectivity index (χ0) is 12.5. The van der Waals surface area contributed by atoms with Crippen LogP contribution in [0.3, 0.4) is 0 Å². The van der Waals surface area contributed by atoms with E-state index >= 15 is 0 Å². The van der Waals surface area contributed by atoms with E-state index in [1.54, 1.807) is 23.5 Å². The molecule has 90 valence electrons. The number of hydrogen-bond acceptors (Lipinski definition) is 4. The quantitative estimate of drug-likeness (QED) is 0.928. The van der Waals surface area contributed by atoms with Crippen LogP contribution in [0.1, 0.15) is 5.56 Å². The largest absolute Gasteiger partial charge is 0.326 e. The highest BCUT2D eigenvalue weighted by atomic mass is 32.2. The van der Waals surface area contributed by atoms with Crippen LogP contribution >= 0.6 is 11.3 Å². The molecule has 0 radical (unpaired) electrons. The fourth-order valence-corrected chi connectivity index (χ4v) is 3.13. The van der Waals surface area contributed by atoms with Crippen molar-refractivity contribution < 1.29 is 8.42 Å². The van der Waals surface area contributed by atoms with Crippen LogP contribution in [0, 0.1) is 0 Å². The van der Waals surface area contributed by atoms with Crippen LogP contribution in [0.25, 0.3) is 11.1 Å². The molecule has 2 N–H and O–H groups in total. The summed E-state index contributed by atoms with van der Waals surface area (Å²) in [5.41, 5.74) is 8.81. The van der Waals surface area contributed by atoms with Crippen LogP contribution in [0.5, 0.6) is 0 Å². The summed E-state index contributed by atoms with van der Waals surface area (Å²) >= 11 is 1.60. The van der Waals surface area contributed by atoms with Gasteiger partial charge >= 0.3 is 0 Å². The highest BCUT2D eigenvalue weighted by Crippen LogP contribution is 2.27. The van der Waals surface area contributed by atoms with Gasteiger partial charge < -0.3 is 5.73 Å². The zero-order valence-electron chi connectivity index (χ0n) is 9.38. The summed E-state index contributed by atoms with van der Waals surface area (Å²) in [6, 6.07) is 6.89. The Balaban J connectivity index is 2.43. The van der Waals surface area contributed by atoms with Gasteiger partial charge in [0.05, 0.1) is 4.90 Å². The highest BCUT2D eigenvalue weighted by Gasteiger charge is 2.09. The van der Waals surface area contributed by atoms with E-state index in [1.165, 1.54) is 6.26 Å². The first-order chi connectivity index (χ1) is 8.02. The van der Waals surface area contributed by atoms with Crippen molar-refractivity contribution in [3.63, 3.8) is 0 Å². The van der Waals surface area contributed by atoms with Gasteiger partial charge in [-0.3, -0.25) is 0 Å². The molecule has 17 heavy (non-hydrogen) atoms. The van der Waals surface area contributed by atoms with E-state index in [9.17, 15) is 8.42 Å². The van der Waals surface area contributed by atoms with E-state index in [0.717, 1.165) is 16.7 Å². The van der Waals surface area contributed by atoms with Crippen molar-refractivity contribution in [2.24, 2.45) is 5.73 Å². The average molecular weight is 267 g/mol. The maximum Gasteiger partial charge on any atom is 0.175 e. The Labute approximate surface area is 105 Å². The van der Waals surface area contributed by atoms with Gasteiger partial charge in [0.15, 0.2) is 9.84 Å². The summed E-state index contributed by atoms with van der Waals surface area (Å²) in [4.78, 5) is 0.339. The number of thiophene rings is 1. The molecule has 0 bridgehead atoms. The summed E-state index contributed by atoms with van der Waals surface area (Å²) in [7, 11) is -3.13. The highest BCUT2D eigenvalue weighted by molar-refractivity contribution is 7.90. The minimum atomic E-state index is -3.13. The lowest BCUT2D eigenvalue weighted by atomic mass is 10.1. The van der Waals surface area contributed by atoms with Crippen molar-refractivity contribution in [2.45, 2.75) is 11.4 Å². The van der Waals surface area contributed by atoms with Crippen LogP contribution in [0.4, 0.5) is 0 Å². The van der Waals surface area contributed by atoms with Crippen LogP contribution < -0.4 is 5.73 Å². The molecule has 0 aliphatic carbocycles. The Morgan fingerprint density at radius 2 is 1.82 bits per heavy atom. The Hall–Kier alpha value is -1.17. The summed E-state index contributed by atoms with van der Waals surface area (Å²) < 4.78 is 22.7. The van der Waals surface area contributed by atoms with Crippen LogP contribution in [-0.2, 0) is 16.4 Å². The fraction of sp³-hybridized carbons (Fsp3) is 0.167. The Morgan fingerprint density at radius 1 is 1.18 bits per heavy atom. The number of nitrogens with two attached hydrogens (primary N) is 1. The number of rotatable bonds is 3. The third-order valence-electron chi connectivity index (χ3n) is 2.56. The molecule has 2 rings (SSSR count). The van der Waals surface area contributed by atoms with Gasteiger partial charge in [-0.15, -0.1) is 0 Å².